The van der Waals surface area contributed by atoms with Gasteiger partial charge in [0, 0.05) is 17.1 Å². The van der Waals surface area contributed by atoms with Gasteiger partial charge in [-0.25, -0.2) is 9.78 Å². The number of rotatable bonds is 2. The topological polar surface area (TPSA) is 55.0 Å². The number of ether oxygens (including phenoxy) is 1. The summed E-state index contributed by atoms with van der Waals surface area (Å²) in [6.07, 6.45) is 1.83. The summed E-state index contributed by atoms with van der Waals surface area (Å²) < 4.78 is 4.94. The first-order valence-electron chi connectivity index (χ1n) is 6.75. The number of nitrogens with zero attached hydrogens (tertiary/aromatic N) is 1. The Morgan fingerprint density at radius 3 is 2.52 bits per heavy atom. The molecule has 0 amide bonds. The van der Waals surface area contributed by atoms with Crippen LogP contribution in [0.2, 0.25) is 0 Å². The minimum Gasteiger partial charge on any atom is -0.465 e. The maximum atomic E-state index is 12.2. The number of fused-ring (bicyclic) bond motifs is 1. The van der Waals surface area contributed by atoms with Crippen molar-refractivity contribution in [2.24, 2.45) is 0 Å². The molecule has 4 heteroatoms. The fraction of sp³-hybridized carbons (Fsp3) is 0.176. The molecule has 0 aliphatic heterocycles. The highest BCUT2D eigenvalue weighted by atomic mass is 16.5. The summed E-state index contributed by atoms with van der Waals surface area (Å²) in [5.41, 5.74) is 4.98. The Bertz CT molecular complexity index is 817. The van der Waals surface area contributed by atoms with Gasteiger partial charge in [0.05, 0.1) is 18.4 Å². The molecule has 1 N–H and O–H groups in total. The van der Waals surface area contributed by atoms with Gasteiger partial charge < -0.3 is 9.72 Å². The van der Waals surface area contributed by atoms with E-state index in [1.165, 1.54) is 12.7 Å². The summed E-state index contributed by atoms with van der Waals surface area (Å²) in [7, 11) is 1.39. The number of nitrogens with one attached hydrogen (secondary N) is 1. The Hall–Kier alpha value is -2.62. The fourth-order valence-electron chi connectivity index (χ4n) is 2.57. The molecule has 0 aliphatic carbocycles. The van der Waals surface area contributed by atoms with Crippen LogP contribution in [-0.2, 0) is 4.74 Å². The van der Waals surface area contributed by atoms with Gasteiger partial charge in [-0.15, -0.1) is 0 Å². The van der Waals surface area contributed by atoms with E-state index < -0.39 is 0 Å². The Balaban J connectivity index is 2.39. The van der Waals surface area contributed by atoms with Crippen LogP contribution in [0.1, 0.15) is 21.6 Å². The number of H-pyrrole nitrogens is 1. The number of aryl methyl sites for hydroxylation is 2. The zero-order valence-corrected chi connectivity index (χ0v) is 12.2. The highest BCUT2D eigenvalue weighted by Crippen LogP contribution is 2.33. The minimum atomic E-state index is -0.362. The normalized spacial score (nSPS) is 10.8. The van der Waals surface area contributed by atoms with E-state index in [0.717, 1.165) is 22.2 Å². The largest absolute Gasteiger partial charge is 0.465 e. The van der Waals surface area contributed by atoms with Gasteiger partial charge in [-0.3, -0.25) is 0 Å². The van der Waals surface area contributed by atoms with E-state index >= 15 is 0 Å². The quantitative estimate of drug-likeness (QED) is 0.729. The predicted molar refractivity (Wildman–Crippen MR) is 82.3 cm³/mol. The van der Waals surface area contributed by atoms with Crippen LogP contribution in [0.25, 0.3) is 22.2 Å². The van der Waals surface area contributed by atoms with Crippen molar-refractivity contribution in [3.63, 3.8) is 0 Å². The van der Waals surface area contributed by atoms with Crippen molar-refractivity contribution in [3.05, 3.63) is 53.3 Å². The number of carbonyl (C=O) groups is 1. The van der Waals surface area contributed by atoms with E-state index in [1.54, 1.807) is 0 Å². The molecule has 0 fully saturated rings. The molecule has 106 valence electrons. The van der Waals surface area contributed by atoms with E-state index in [4.69, 9.17) is 4.74 Å². The molecule has 2 heterocycles. The summed E-state index contributed by atoms with van der Waals surface area (Å²) in [5, 5.41) is 0.921. The molecule has 0 bridgehead atoms. The molecule has 4 nitrogen and oxygen atoms in total. The zero-order valence-electron chi connectivity index (χ0n) is 12.2. The van der Waals surface area contributed by atoms with Crippen LogP contribution in [0.3, 0.4) is 0 Å². The molecule has 0 aliphatic rings. The van der Waals surface area contributed by atoms with Gasteiger partial charge in [-0.2, -0.15) is 0 Å². The minimum absolute atomic E-state index is 0.362. The highest BCUT2D eigenvalue weighted by Gasteiger charge is 2.21. The molecule has 1 aromatic carbocycles. The molecule has 0 spiro atoms. The van der Waals surface area contributed by atoms with Crippen LogP contribution in [0, 0.1) is 13.8 Å². The number of aromatic amines is 1. The lowest BCUT2D eigenvalue weighted by molar-refractivity contribution is 0.0600. The first-order chi connectivity index (χ1) is 10.1. The van der Waals surface area contributed by atoms with Gasteiger partial charge in [-0.05, 0) is 25.5 Å². The summed E-state index contributed by atoms with van der Waals surface area (Å²) in [6.45, 7) is 3.86. The lowest BCUT2D eigenvalue weighted by Gasteiger charge is -2.12. The van der Waals surface area contributed by atoms with Crippen LogP contribution in [0.4, 0.5) is 0 Å². The highest BCUT2D eigenvalue weighted by molar-refractivity contribution is 6.07. The number of benzene rings is 1. The second-order valence-corrected chi connectivity index (χ2v) is 5.04. The number of aromatic nitrogens is 2. The number of pyridine rings is 1. The Kier molecular flexibility index (Phi) is 3.22. The first kappa shape index (κ1) is 13.4. The third kappa shape index (κ3) is 2.18. The van der Waals surface area contributed by atoms with E-state index in [1.807, 2.05) is 50.4 Å². The van der Waals surface area contributed by atoms with Crippen LogP contribution < -0.4 is 0 Å². The first-order valence-corrected chi connectivity index (χ1v) is 6.75. The molecular formula is C17H16N2O2. The smallest absolute Gasteiger partial charge is 0.340 e. The standard InChI is InChI=1S/C17H16N2O2/c1-10-4-6-12(7-5-10)15-13-8-9-18-16(13)19-11(2)14(15)17(20)21-3/h4-9H,1-3H3,(H,18,19). The second-order valence-electron chi connectivity index (χ2n) is 5.04. The summed E-state index contributed by atoms with van der Waals surface area (Å²) in [6, 6.07) is 10.0. The van der Waals surface area contributed by atoms with Gasteiger partial charge in [0.15, 0.2) is 0 Å². The SMILES string of the molecule is COC(=O)c1c(C)nc2[nH]ccc2c1-c1ccc(C)cc1. The van der Waals surface area contributed by atoms with Crippen LogP contribution in [-0.4, -0.2) is 23.0 Å². The predicted octanol–water partition coefficient (Wildman–Crippen LogP) is 3.63. The zero-order chi connectivity index (χ0) is 15.0. The van der Waals surface area contributed by atoms with Gasteiger partial charge in [0.2, 0.25) is 0 Å². The average Bonchev–Trinajstić information content (AvgIpc) is 2.94. The van der Waals surface area contributed by atoms with Crippen molar-refractivity contribution >= 4 is 17.0 Å². The number of esters is 1. The second kappa shape index (κ2) is 5.05. The van der Waals surface area contributed by atoms with Crippen LogP contribution >= 0.6 is 0 Å². The van der Waals surface area contributed by atoms with Gasteiger partial charge in [0.1, 0.15) is 5.65 Å². The van der Waals surface area contributed by atoms with Crippen molar-refractivity contribution in [2.75, 3.05) is 7.11 Å². The lowest BCUT2D eigenvalue weighted by atomic mass is 9.95. The summed E-state index contributed by atoms with van der Waals surface area (Å²) in [4.78, 5) is 19.7. The molecule has 0 unspecified atom stereocenters. The average molecular weight is 280 g/mol. The maximum absolute atomic E-state index is 12.2. The van der Waals surface area contributed by atoms with Crippen molar-refractivity contribution in [2.45, 2.75) is 13.8 Å². The third-order valence-corrected chi connectivity index (χ3v) is 3.62. The van der Waals surface area contributed by atoms with Crippen molar-refractivity contribution in [1.82, 2.24) is 9.97 Å². The maximum Gasteiger partial charge on any atom is 0.340 e. The molecule has 0 saturated carbocycles. The fourth-order valence-corrected chi connectivity index (χ4v) is 2.57. The number of hydrogen-bond donors (Lipinski definition) is 1. The summed E-state index contributed by atoms with van der Waals surface area (Å²) >= 11 is 0. The molecule has 0 saturated heterocycles. The third-order valence-electron chi connectivity index (χ3n) is 3.62. The molecule has 21 heavy (non-hydrogen) atoms. The van der Waals surface area contributed by atoms with Gasteiger partial charge in [0.25, 0.3) is 0 Å². The van der Waals surface area contributed by atoms with Crippen LogP contribution in [0.5, 0.6) is 0 Å². The van der Waals surface area contributed by atoms with E-state index in [0.29, 0.717) is 11.3 Å². The number of carbonyl (C=O) groups excluding carboxylic acids is 1. The van der Waals surface area contributed by atoms with E-state index in [9.17, 15) is 4.79 Å². The Morgan fingerprint density at radius 2 is 1.86 bits per heavy atom. The van der Waals surface area contributed by atoms with Gasteiger partial charge >= 0.3 is 5.97 Å². The van der Waals surface area contributed by atoms with Gasteiger partial charge in [-0.1, -0.05) is 29.8 Å². The van der Waals surface area contributed by atoms with Crippen molar-refractivity contribution in [1.29, 1.82) is 0 Å². The lowest BCUT2D eigenvalue weighted by Crippen LogP contribution is -2.08. The van der Waals surface area contributed by atoms with E-state index in [-0.39, 0.29) is 5.97 Å². The molecule has 0 radical (unpaired) electrons. The van der Waals surface area contributed by atoms with E-state index in [2.05, 4.69) is 9.97 Å². The molecule has 0 atom stereocenters. The number of hydrogen-bond acceptors (Lipinski definition) is 3. The van der Waals surface area contributed by atoms with Crippen LogP contribution in [0.15, 0.2) is 36.5 Å². The molecule has 3 aromatic rings. The Labute approximate surface area is 122 Å². The Morgan fingerprint density at radius 1 is 1.14 bits per heavy atom. The molecule has 3 rings (SSSR count). The monoisotopic (exact) mass is 280 g/mol. The molecule has 2 aromatic heterocycles. The van der Waals surface area contributed by atoms with Crippen molar-refractivity contribution in [3.8, 4) is 11.1 Å². The van der Waals surface area contributed by atoms with Crippen molar-refractivity contribution < 1.29 is 9.53 Å². The molecular weight excluding hydrogens is 264 g/mol. The number of methoxy groups -OCH3 is 1. The summed E-state index contributed by atoms with van der Waals surface area (Å²) in [5.74, 6) is -0.362.